The summed E-state index contributed by atoms with van der Waals surface area (Å²) in [6.45, 7) is 0.571. The highest BCUT2D eigenvalue weighted by Crippen LogP contribution is 2.36. The molecule has 1 aromatic carbocycles. The molecule has 2 fully saturated rings. The molecule has 1 aromatic rings. The zero-order valence-corrected chi connectivity index (χ0v) is 12.3. The number of amides is 1. The van der Waals surface area contributed by atoms with Crippen molar-refractivity contribution in [2.45, 2.75) is 56.7 Å². The van der Waals surface area contributed by atoms with Gasteiger partial charge in [0.05, 0.1) is 12.7 Å². The first-order chi connectivity index (χ1) is 10.2. The standard InChI is InChI=1S/C17H23NO3/c19-15-11-13-8-9-14(12-15)18(13)17(20)7-4-10-21-16-5-2-1-3-6-16/h1-3,5-6,13-15,19H,4,7-12H2. The van der Waals surface area contributed by atoms with Gasteiger partial charge in [0.15, 0.2) is 0 Å². The molecule has 2 aliphatic rings. The molecule has 0 saturated carbocycles. The van der Waals surface area contributed by atoms with E-state index in [0.29, 0.717) is 13.0 Å². The first kappa shape index (κ1) is 14.4. The summed E-state index contributed by atoms with van der Waals surface area (Å²) < 4.78 is 5.62. The molecule has 0 aromatic heterocycles. The zero-order valence-electron chi connectivity index (χ0n) is 12.3. The van der Waals surface area contributed by atoms with Crippen LogP contribution in [0.2, 0.25) is 0 Å². The summed E-state index contributed by atoms with van der Waals surface area (Å²) in [5, 5.41) is 9.77. The average molecular weight is 289 g/mol. The maximum atomic E-state index is 12.4. The first-order valence-corrected chi connectivity index (χ1v) is 7.91. The predicted octanol–water partition coefficient (Wildman–Crippen LogP) is 2.36. The summed E-state index contributed by atoms with van der Waals surface area (Å²) >= 11 is 0. The second kappa shape index (κ2) is 6.48. The second-order valence-corrected chi connectivity index (χ2v) is 6.08. The lowest BCUT2D eigenvalue weighted by Crippen LogP contribution is -2.48. The van der Waals surface area contributed by atoms with E-state index in [1.807, 2.05) is 35.2 Å². The highest BCUT2D eigenvalue weighted by atomic mass is 16.5. The van der Waals surface area contributed by atoms with Gasteiger partial charge in [-0.15, -0.1) is 0 Å². The van der Waals surface area contributed by atoms with Crippen molar-refractivity contribution in [3.8, 4) is 5.75 Å². The maximum Gasteiger partial charge on any atom is 0.223 e. The summed E-state index contributed by atoms with van der Waals surface area (Å²) in [5.41, 5.74) is 0. The number of ether oxygens (including phenoxy) is 1. The van der Waals surface area contributed by atoms with E-state index < -0.39 is 0 Å². The summed E-state index contributed by atoms with van der Waals surface area (Å²) in [4.78, 5) is 14.4. The predicted molar refractivity (Wildman–Crippen MR) is 80.1 cm³/mol. The van der Waals surface area contributed by atoms with Gasteiger partial charge in [-0.2, -0.15) is 0 Å². The van der Waals surface area contributed by atoms with Crippen LogP contribution < -0.4 is 4.74 Å². The van der Waals surface area contributed by atoms with Crippen molar-refractivity contribution in [1.29, 1.82) is 0 Å². The fourth-order valence-electron chi connectivity index (χ4n) is 3.61. The van der Waals surface area contributed by atoms with Gasteiger partial charge in [-0.1, -0.05) is 18.2 Å². The summed E-state index contributed by atoms with van der Waals surface area (Å²) in [5.74, 6) is 1.08. The number of hydrogen-bond donors (Lipinski definition) is 1. The number of hydrogen-bond acceptors (Lipinski definition) is 3. The fraction of sp³-hybridized carbons (Fsp3) is 0.588. The van der Waals surface area contributed by atoms with Crippen molar-refractivity contribution in [1.82, 2.24) is 4.90 Å². The van der Waals surface area contributed by atoms with Crippen molar-refractivity contribution < 1.29 is 14.6 Å². The first-order valence-electron chi connectivity index (χ1n) is 7.91. The van der Waals surface area contributed by atoms with Gasteiger partial charge in [0.1, 0.15) is 5.75 Å². The normalized spacial score (nSPS) is 27.7. The molecule has 0 spiro atoms. The van der Waals surface area contributed by atoms with Crippen LogP contribution in [-0.2, 0) is 4.79 Å². The molecule has 2 heterocycles. The highest BCUT2D eigenvalue weighted by molar-refractivity contribution is 5.77. The van der Waals surface area contributed by atoms with Crippen LogP contribution >= 0.6 is 0 Å². The Bertz CT molecular complexity index is 462. The van der Waals surface area contributed by atoms with Gasteiger partial charge < -0.3 is 14.7 Å². The van der Waals surface area contributed by atoms with Crippen LogP contribution in [-0.4, -0.2) is 40.7 Å². The van der Waals surface area contributed by atoms with Crippen molar-refractivity contribution in [3.05, 3.63) is 30.3 Å². The van der Waals surface area contributed by atoms with E-state index in [1.54, 1.807) is 0 Å². The monoisotopic (exact) mass is 289 g/mol. The number of benzene rings is 1. The van der Waals surface area contributed by atoms with Crippen LogP contribution in [0.15, 0.2) is 30.3 Å². The molecule has 0 aliphatic carbocycles. The van der Waals surface area contributed by atoms with Gasteiger partial charge in [-0.25, -0.2) is 0 Å². The topological polar surface area (TPSA) is 49.8 Å². The number of aliphatic hydroxyl groups excluding tert-OH is 1. The van der Waals surface area contributed by atoms with Crippen LogP contribution in [0.4, 0.5) is 0 Å². The van der Waals surface area contributed by atoms with Crippen molar-refractivity contribution >= 4 is 5.91 Å². The molecule has 2 atom stereocenters. The van der Waals surface area contributed by atoms with E-state index in [1.165, 1.54) is 0 Å². The molecule has 114 valence electrons. The van der Waals surface area contributed by atoms with E-state index in [2.05, 4.69) is 0 Å². The van der Waals surface area contributed by atoms with E-state index in [-0.39, 0.29) is 24.1 Å². The second-order valence-electron chi connectivity index (χ2n) is 6.08. The molecule has 2 unspecified atom stereocenters. The Morgan fingerprint density at radius 2 is 1.86 bits per heavy atom. The molecular formula is C17H23NO3. The van der Waals surface area contributed by atoms with E-state index in [4.69, 9.17) is 4.74 Å². The Labute approximate surface area is 125 Å². The van der Waals surface area contributed by atoms with Gasteiger partial charge >= 0.3 is 0 Å². The van der Waals surface area contributed by atoms with Crippen LogP contribution in [0.25, 0.3) is 0 Å². The molecule has 1 amide bonds. The molecule has 3 rings (SSSR count). The van der Waals surface area contributed by atoms with Crippen LogP contribution in [0, 0.1) is 0 Å². The smallest absolute Gasteiger partial charge is 0.223 e. The molecule has 2 aliphatic heterocycles. The van der Waals surface area contributed by atoms with Gasteiger partial charge in [-0.05, 0) is 44.2 Å². The number of rotatable bonds is 5. The number of carbonyl (C=O) groups excluding carboxylic acids is 1. The quantitative estimate of drug-likeness (QED) is 0.847. The SMILES string of the molecule is O=C(CCCOc1ccccc1)N1C2CCC1CC(O)C2. The lowest BCUT2D eigenvalue weighted by molar-refractivity contribution is -0.137. The van der Waals surface area contributed by atoms with Crippen molar-refractivity contribution in [2.24, 2.45) is 0 Å². The van der Waals surface area contributed by atoms with Crippen LogP contribution in [0.3, 0.4) is 0 Å². The number of piperidine rings is 1. The number of carbonyl (C=O) groups is 1. The van der Waals surface area contributed by atoms with Crippen LogP contribution in [0.1, 0.15) is 38.5 Å². The minimum Gasteiger partial charge on any atom is -0.494 e. The van der Waals surface area contributed by atoms with E-state index in [0.717, 1.165) is 37.9 Å². The Morgan fingerprint density at radius 3 is 2.52 bits per heavy atom. The molecule has 2 saturated heterocycles. The van der Waals surface area contributed by atoms with Gasteiger partial charge in [-0.3, -0.25) is 4.79 Å². The molecular weight excluding hydrogens is 266 g/mol. The van der Waals surface area contributed by atoms with Crippen molar-refractivity contribution in [2.75, 3.05) is 6.61 Å². The maximum absolute atomic E-state index is 12.4. The summed E-state index contributed by atoms with van der Waals surface area (Å²) in [6, 6.07) is 10.2. The summed E-state index contributed by atoms with van der Waals surface area (Å²) in [7, 11) is 0. The molecule has 21 heavy (non-hydrogen) atoms. The largest absolute Gasteiger partial charge is 0.494 e. The third-order valence-electron chi connectivity index (χ3n) is 4.54. The Balaban J connectivity index is 1.43. The molecule has 0 radical (unpaired) electrons. The zero-order chi connectivity index (χ0) is 14.7. The number of para-hydroxylation sites is 1. The van der Waals surface area contributed by atoms with Gasteiger partial charge in [0.25, 0.3) is 0 Å². The molecule has 4 nitrogen and oxygen atoms in total. The van der Waals surface area contributed by atoms with E-state index in [9.17, 15) is 9.90 Å². The Kier molecular flexibility index (Phi) is 4.44. The highest BCUT2D eigenvalue weighted by Gasteiger charge is 2.42. The minimum atomic E-state index is -0.215. The van der Waals surface area contributed by atoms with Crippen molar-refractivity contribution in [3.63, 3.8) is 0 Å². The molecule has 2 bridgehead atoms. The lowest BCUT2D eigenvalue weighted by atomic mass is 9.99. The number of aliphatic hydroxyl groups is 1. The third kappa shape index (κ3) is 3.38. The van der Waals surface area contributed by atoms with E-state index >= 15 is 0 Å². The van der Waals surface area contributed by atoms with Gasteiger partial charge in [0, 0.05) is 18.5 Å². The fourth-order valence-corrected chi connectivity index (χ4v) is 3.61. The van der Waals surface area contributed by atoms with Crippen LogP contribution in [0.5, 0.6) is 5.75 Å². The molecule has 1 N–H and O–H groups in total. The average Bonchev–Trinajstić information content (AvgIpc) is 2.77. The van der Waals surface area contributed by atoms with Gasteiger partial charge in [0.2, 0.25) is 5.91 Å². The third-order valence-corrected chi connectivity index (χ3v) is 4.54. The number of fused-ring (bicyclic) bond motifs is 2. The lowest BCUT2D eigenvalue weighted by Gasteiger charge is -2.37. The Hall–Kier alpha value is -1.55. The summed E-state index contributed by atoms with van der Waals surface area (Å²) in [6.07, 6.45) is 4.67. The Morgan fingerprint density at radius 1 is 1.19 bits per heavy atom. The minimum absolute atomic E-state index is 0.215. The molecule has 4 heteroatoms. The number of nitrogens with zero attached hydrogens (tertiary/aromatic N) is 1.